The summed E-state index contributed by atoms with van der Waals surface area (Å²) in [6.45, 7) is 0. The Kier molecular flexibility index (Phi) is 9.11. The van der Waals surface area contributed by atoms with Crippen molar-refractivity contribution >= 4 is 59.3 Å². The maximum Gasteiger partial charge on any atom is 0.0462 e. The highest BCUT2D eigenvalue weighted by Crippen LogP contribution is 2.41. The normalized spacial score (nSPS) is 11.3. The van der Waals surface area contributed by atoms with E-state index >= 15 is 0 Å². The largest absolute Gasteiger partial charge is 0.311 e. The van der Waals surface area contributed by atoms with Crippen LogP contribution in [0, 0.1) is 0 Å². The van der Waals surface area contributed by atoms with Gasteiger partial charge in [-0.1, -0.05) is 170 Å². The summed E-state index contributed by atoms with van der Waals surface area (Å²) in [6, 6.07) is 86.0. The molecular weight excluding hydrogens is 743 g/mol. The van der Waals surface area contributed by atoms with Gasteiger partial charge in [0.15, 0.2) is 0 Å². The molecule has 0 spiro atoms. The molecule has 0 fully saturated rings. The highest BCUT2D eigenvalue weighted by atomic mass is 32.1. The quantitative estimate of drug-likeness (QED) is 0.148. The van der Waals surface area contributed by atoms with Crippen molar-refractivity contribution in [2.75, 3.05) is 4.90 Å². The lowest BCUT2D eigenvalue weighted by molar-refractivity contribution is 1.28. The van der Waals surface area contributed by atoms with Crippen LogP contribution in [0.5, 0.6) is 0 Å². The highest BCUT2D eigenvalue weighted by molar-refractivity contribution is 7.25. The van der Waals surface area contributed by atoms with E-state index in [1.165, 1.54) is 86.6 Å². The van der Waals surface area contributed by atoms with Crippen LogP contribution >= 0.6 is 11.3 Å². The van der Waals surface area contributed by atoms with Crippen LogP contribution in [0.1, 0.15) is 0 Å². The Balaban J connectivity index is 0.860. The van der Waals surface area contributed by atoms with Gasteiger partial charge in [0.2, 0.25) is 0 Å². The van der Waals surface area contributed by atoms with Crippen molar-refractivity contribution in [2.45, 2.75) is 0 Å². The zero-order valence-corrected chi connectivity index (χ0v) is 33.7. The van der Waals surface area contributed by atoms with Gasteiger partial charge in [-0.25, -0.2) is 0 Å². The number of hydrogen-bond donors (Lipinski definition) is 0. The molecule has 0 radical (unpaired) electrons. The maximum absolute atomic E-state index is 2.38. The van der Waals surface area contributed by atoms with Gasteiger partial charge in [-0.05, 0) is 133 Å². The Hall–Kier alpha value is -7.52. The number of rotatable bonds is 8. The standard InChI is InChI=1S/C58H39NS/c1-3-11-40(12-4-1)42-25-31-51(32-26-42)59(50-17-5-2-6-18-50)52-33-27-43(28-34-52)41-21-23-44(24-22-41)46-15-9-16-47(37-46)48-29-35-57-55(38-48)56-39-49(30-36-58(56)60-57)54-20-10-14-45-13-7-8-19-53(45)54/h1-39H. The second-order valence-corrected chi connectivity index (χ2v) is 16.4. The van der Waals surface area contributed by atoms with Gasteiger partial charge in [0.05, 0.1) is 0 Å². The van der Waals surface area contributed by atoms with Crippen LogP contribution in [-0.2, 0) is 0 Å². The van der Waals surface area contributed by atoms with E-state index in [1.807, 2.05) is 11.3 Å². The zero-order valence-electron chi connectivity index (χ0n) is 32.9. The molecule has 11 aromatic rings. The third-order valence-electron chi connectivity index (χ3n) is 11.7. The van der Waals surface area contributed by atoms with E-state index in [1.54, 1.807) is 0 Å². The topological polar surface area (TPSA) is 3.24 Å². The summed E-state index contributed by atoms with van der Waals surface area (Å²) in [4.78, 5) is 2.32. The summed E-state index contributed by atoms with van der Waals surface area (Å²) in [7, 11) is 0. The van der Waals surface area contributed by atoms with Crippen molar-refractivity contribution in [1.29, 1.82) is 0 Å². The molecule has 0 bridgehead atoms. The fourth-order valence-corrected chi connectivity index (χ4v) is 9.66. The van der Waals surface area contributed by atoms with Gasteiger partial charge < -0.3 is 4.90 Å². The Morgan fingerprint density at radius 1 is 0.250 bits per heavy atom. The first-order valence-corrected chi connectivity index (χ1v) is 21.3. The molecule has 0 aliphatic rings. The van der Waals surface area contributed by atoms with Gasteiger partial charge in [-0.2, -0.15) is 0 Å². The molecule has 2 heteroatoms. The van der Waals surface area contributed by atoms with Crippen LogP contribution in [-0.4, -0.2) is 0 Å². The SMILES string of the molecule is c1ccc(-c2ccc(N(c3ccccc3)c3ccc(-c4ccc(-c5cccc(-c6ccc7sc8ccc(-c9cccc%10ccccc9%10)cc8c7c6)c5)cc4)cc3)cc2)cc1. The van der Waals surface area contributed by atoms with E-state index in [-0.39, 0.29) is 0 Å². The second-order valence-electron chi connectivity index (χ2n) is 15.3. The summed E-state index contributed by atoms with van der Waals surface area (Å²) in [5.74, 6) is 0. The van der Waals surface area contributed by atoms with Crippen LogP contribution < -0.4 is 4.90 Å². The summed E-state index contributed by atoms with van der Waals surface area (Å²) in [5, 5.41) is 5.18. The Morgan fingerprint density at radius 2 is 0.650 bits per heavy atom. The monoisotopic (exact) mass is 781 g/mol. The average molecular weight is 782 g/mol. The predicted molar refractivity (Wildman–Crippen MR) is 259 cm³/mol. The average Bonchev–Trinajstić information content (AvgIpc) is 3.70. The van der Waals surface area contributed by atoms with Crippen molar-refractivity contribution < 1.29 is 0 Å². The first-order chi connectivity index (χ1) is 29.7. The molecule has 0 aliphatic carbocycles. The van der Waals surface area contributed by atoms with Crippen LogP contribution in [0.2, 0.25) is 0 Å². The number of nitrogens with zero attached hydrogens (tertiary/aromatic N) is 1. The van der Waals surface area contributed by atoms with Gasteiger partial charge in [0, 0.05) is 37.2 Å². The number of para-hydroxylation sites is 1. The summed E-state index contributed by atoms with van der Waals surface area (Å²) >= 11 is 1.87. The van der Waals surface area contributed by atoms with Crippen LogP contribution in [0.25, 0.3) is 86.6 Å². The number of thiophene rings is 1. The van der Waals surface area contributed by atoms with Crippen LogP contribution in [0.15, 0.2) is 237 Å². The molecule has 11 rings (SSSR count). The molecule has 0 atom stereocenters. The number of anilines is 3. The molecule has 1 heterocycles. The molecule has 0 amide bonds. The fraction of sp³-hybridized carbons (Fsp3) is 0. The summed E-state index contributed by atoms with van der Waals surface area (Å²) in [5.41, 5.74) is 15.6. The molecule has 0 unspecified atom stereocenters. The molecule has 1 aromatic heterocycles. The molecule has 10 aromatic carbocycles. The van der Waals surface area contributed by atoms with Crippen LogP contribution in [0.4, 0.5) is 17.1 Å². The van der Waals surface area contributed by atoms with Crippen molar-refractivity contribution in [1.82, 2.24) is 0 Å². The molecule has 0 N–H and O–H groups in total. The Morgan fingerprint density at radius 3 is 1.30 bits per heavy atom. The third-order valence-corrected chi connectivity index (χ3v) is 12.8. The first kappa shape index (κ1) is 35.6. The number of benzene rings is 10. The van der Waals surface area contributed by atoms with E-state index in [2.05, 4.69) is 241 Å². The van der Waals surface area contributed by atoms with Crippen molar-refractivity contribution in [3.63, 3.8) is 0 Å². The summed E-state index contributed by atoms with van der Waals surface area (Å²) < 4.78 is 2.63. The Labute approximate surface area is 354 Å². The molecule has 0 aliphatic heterocycles. The van der Waals surface area contributed by atoms with Gasteiger partial charge in [0.25, 0.3) is 0 Å². The Bertz CT molecular complexity index is 3270. The van der Waals surface area contributed by atoms with Crippen LogP contribution in [0.3, 0.4) is 0 Å². The lowest BCUT2D eigenvalue weighted by Gasteiger charge is -2.26. The zero-order chi connectivity index (χ0) is 39.8. The number of hydrogen-bond acceptors (Lipinski definition) is 2. The van der Waals surface area contributed by atoms with Crippen molar-refractivity contribution in [2.24, 2.45) is 0 Å². The smallest absolute Gasteiger partial charge is 0.0462 e. The van der Waals surface area contributed by atoms with Crippen molar-refractivity contribution in [3.8, 4) is 55.6 Å². The molecule has 0 saturated carbocycles. The number of fused-ring (bicyclic) bond motifs is 4. The third kappa shape index (κ3) is 6.73. The predicted octanol–water partition coefficient (Wildman–Crippen LogP) is 17.0. The highest BCUT2D eigenvalue weighted by Gasteiger charge is 2.14. The first-order valence-electron chi connectivity index (χ1n) is 20.5. The maximum atomic E-state index is 2.38. The van der Waals surface area contributed by atoms with Gasteiger partial charge >= 0.3 is 0 Å². The molecule has 0 saturated heterocycles. The van der Waals surface area contributed by atoms with E-state index in [9.17, 15) is 0 Å². The molecule has 60 heavy (non-hydrogen) atoms. The van der Waals surface area contributed by atoms with Crippen molar-refractivity contribution in [3.05, 3.63) is 237 Å². The lowest BCUT2D eigenvalue weighted by atomic mass is 9.95. The van der Waals surface area contributed by atoms with E-state index in [4.69, 9.17) is 0 Å². The fourth-order valence-electron chi connectivity index (χ4n) is 8.60. The molecular formula is C58H39NS. The van der Waals surface area contributed by atoms with Gasteiger partial charge in [-0.15, -0.1) is 11.3 Å². The molecule has 1 nitrogen and oxygen atoms in total. The minimum absolute atomic E-state index is 1.12. The lowest BCUT2D eigenvalue weighted by Crippen LogP contribution is -2.09. The van der Waals surface area contributed by atoms with E-state index < -0.39 is 0 Å². The van der Waals surface area contributed by atoms with E-state index in [0.29, 0.717) is 0 Å². The van der Waals surface area contributed by atoms with Gasteiger partial charge in [0.1, 0.15) is 0 Å². The second kappa shape index (κ2) is 15.3. The summed E-state index contributed by atoms with van der Waals surface area (Å²) in [6.07, 6.45) is 0. The minimum Gasteiger partial charge on any atom is -0.311 e. The van der Waals surface area contributed by atoms with E-state index in [0.717, 1.165) is 17.1 Å². The van der Waals surface area contributed by atoms with Gasteiger partial charge in [-0.3, -0.25) is 0 Å². The minimum atomic E-state index is 1.12. The molecule has 282 valence electrons.